The summed E-state index contributed by atoms with van der Waals surface area (Å²) >= 11 is 0. The fourth-order valence-electron chi connectivity index (χ4n) is 0.449. The molecular weight excluding hydrogens is 132 g/mol. The lowest BCUT2D eigenvalue weighted by atomic mass is 10.4. The summed E-state index contributed by atoms with van der Waals surface area (Å²) in [5, 5.41) is 3.64. The molecule has 0 saturated heterocycles. The van der Waals surface area contributed by atoms with E-state index in [9.17, 15) is 4.79 Å². The van der Waals surface area contributed by atoms with Gasteiger partial charge < -0.3 is 10.2 Å². The van der Waals surface area contributed by atoms with Crippen LogP contribution in [0, 0.1) is 0 Å². The number of hydrazone groups is 1. The first-order chi connectivity index (χ1) is 4.72. The standard InChI is InChI=1S/C6H12N2O2/c1-4-10-6(9)5(2)8-7-3/h7H,4H2,1-3H3/b8-5-. The number of nitrogens with zero attached hydrogens (tertiary/aromatic N) is 1. The van der Waals surface area contributed by atoms with E-state index >= 15 is 0 Å². The Balaban J connectivity index is 3.82. The van der Waals surface area contributed by atoms with Crippen LogP contribution in [0.5, 0.6) is 0 Å². The largest absolute Gasteiger partial charge is 0.461 e. The SMILES string of the molecule is CCOC(=O)/C(C)=N\NC. The molecule has 0 aliphatic heterocycles. The summed E-state index contributed by atoms with van der Waals surface area (Å²) in [5.74, 6) is -0.378. The van der Waals surface area contributed by atoms with Crippen molar-refractivity contribution in [1.82, 2.24) is 5.43 Å². The number of esters is 1. The molecule has 0 atom stereocenters. The molecule has 0 fully saturated rings. The van der Waals surface area contributed by atoms with Gasteiger partial charge in [-0.05, 0) is 13.8 Å². The van der Waals surface area contributed by atoms with E-state index in [1.165, 1.54) is 0 Å². The Bertz CT molecular complexity index is 143. The van der Waals surface area contributed by atoms with Gasteiger partial charge in [-0.3, -0.25) is 0 Å². The lowest BCUT2D eigenvalue weighted by Crippen LogP contribution is -2.16. The number of carbonyl (C=O) groups excluding carboxylic acids is 1. The summed E-state index contributed by atoms with van der Waals surface area (Å²) < 4.78 is 4.65. The topological polar surface area (TPSA) is 50.7 Å². The molecule has 0 aliphatic rings. The Morgan fingerprint density at radius 2 is 2.30 bits per heavy atom. The average molecular weight is 144 g/mol. The summed E-state index contributed by atoms with van der Waals surface area (Å²) in [5.41, 5.74) is 2.83. The van der Waals surface area contributed by atoms with E-state index in [2.05, 4.69) is 15.3 Å². The molecule has 0 aliphatic carbocycles. The van der Waals surface area contributed by atoms with Gasteiger partial charge in [0.2, 0.25) is 0 Å². The van der Waals surface area contributed by atoms with Crippen LogP contribution < -0.4 is 5.43 Å². The van der Waals surface area contributed by atoms with E-state index in [0.717, 1.165) is 0 Å². The van der Waals surface area contributed by atoms with Crippen molar-refractivity contribution < 1.29 is 9.53 Å². The molecule has 0 heterocycles. The predicted octanol–water partition coefficient (Wildman–Crippen LogP) is 0.145. The highest BCUT2D eigenvalue weighted by Gasteiger charge is 2.04. The maximum atomic E-state index is 10.7. The molecule has 0 rings (SSSR count). The normalized spacial score (nSPS) is 10.9. The van der Waals surface area contributed by atoms with Crippen LogP contribution in [-0.2, 0) is 9.53 Å². The first kappa shape index (κ1) is 8.94. The van der Waals surface area contributed by atoms with Gasteiger partial charge in [-0.15, -0.1) is 0 Å². The molecule has 0 bridgehead atoms. The number of rotatable bonds is 3. The molecule has 4 heteroatoms. The molecule has 0 radical (unpaired) electrons. The van der Waals surface area contributed by atoms with Gasteiger partial charge in [0.1, 0.15) is 5.71 Å². The quantitative estimate of drug-likeness (QED) is 0.348. The Morgan fingerprint density at radius 3 is 2.70 bits per heavy atom. The van der Waals surface area contributed by atoms with Crippen molar-refractivity contribution in [3.63, 3.8) is 0 Å². The second-order valence-electron chi connectivity index (χ2n) is 1.64. The lowest BCUT2D eigenvalue weighted by Gasteiger charge is -1.98. The number of carbonyl (C=O) groups is 1. The second-order valence-corrected chi connectivity index (χ2v) is 1.64. The van der Waals surface area contributed by atoms with Gasteiger partial charge in [-0.25, -0.2) is 4.79 Å². The van der Waals surface area contributed by atoms with Crippen LogP contribution in [0.15, 0.2) is 5.10 Å². The zero-order chi connectivity index (χ0) is 7.98. The summed E-state index contributed by atoms with van der Waals surface area (Å²) in [6, 6.07) is 0. The number of ether oxygens (including phenoxy) is 1. The van der Waals surface area contributed by atoms with Crippen molar-refractivity contribution in [1.29, 1.82) is 0 Å². The average Bonchev–Trinajstić information content (AvgIpc) is 1.89. The highest BCUT2D eigenvalue weighted by atomic mass is 16.5. The molecular formula is C6H12N2O2. The lowest BCUT2D eigenvalue weighted by molar-refractivity contribution is -0.135. The van der Waals surface area contributed by atoms with Crippen LogP contribution in [0.3, 0.4) is 0 Å². The summed E-state index contributed by atoms with van der Waals surface area (Å²) in [7, 11) is 1.63. The van der Waals surface area contributed by atoms with Crippen LogP contribution in [-0.4, -0.2) is 25.3 Å². The molecule has 0 unspecified atom stereocenters. The molecule has 0 spiro atoms. The predicted molar refractivity (Wildman–Crippen MR) is 38.8 cm³/mol. The molecule has 10 heavy (non-hydrogen) atoms. The van der Waals surface area contributed by atoms with Gasteiger partial charge in [0.25, 0.3) is 0 Å². The number of nitrogens with one attached hydrogen (secondary N) is 1. The van der Waals surface area contributed by atoms with Crippen LogP contribution in [0.2, 0.25) is 0 Å². The van der Waals surface area contributed by atoms with Gasteiger partial charge in [0.05, 0.1) is 6.61 Å². The molecule has 4 nitrogen and oxygen atoms in total. The minimum absolute atomic E-state index is 0.337. The zero-order valence-corrected chi connectivity index (χ0v) is 6.47. The van der Waals surface area contributed by atoms with E-state index in [0.29, 0.717) is 12.3 Å². The second kappa shape index (κ2) is 4.78. The third-order valence-corrected chi connectivity index (χ3v) is 0.850. The molecule has 0 aromatic carbocycles. The van der Waals surface area contributed by atoms with Gasteiger partial charge in [-0.2, -0.15) is 5.10 Å². The zero-order valence-electron chi connectivity index (χ0n) is 6.47. The molecule has 58 valence electrons. The fraction of sp³-hybridized carbons (Fsp3) is 0.667. The van der Waals surface area contributed by atoms with Crippen molar-refractivity contribution in [2.45, 2.75) is 13.8 Å². The highest BCUT2D eigenvalue weighted by Crippen LogP contribution is 1.81. The minimum atomic E-state index is -0.378. The van der Waals surface area contributed by atoms with E-state index in [1.807, 2.05) is 0 Å². The Kier molecular flexibility index (Phi) is 4.28. The number of hydrogen-bond acceptors (Lipinski definition) is 4. The van der Waals surface area contributed by atoms with Crippen LogP contribution in [0.1, 0.15) is 13.8 Å². The Hall–Kier alpha value is -1.06. The van der Waals surface area contributed by atoms with Crippen molar-refractivity contribution >= 4 is 11.7 Å². The maximum Gasteiger partial charge on any atom is 0.354 e. The third kappa shape index (κ3) is 3.06. The monoisotopic (exact) mass is 144 g/mol. The highest BCUT2D eigenvalue weighted by molar-refractivity contribution is 6.35. The van der Waals surface area contributed by atoms with Gasteiger partial charge in [0, 0.05) is 7.05 Å². The van der Waals surface area contributed by atoms with Crippen LogP contribution in [0.4, 0.5) is 0 Å². The Labute approximate surface area is 60.3 Å². The van der Waals surface area contributed by atoms with E-state index < -0.39 is 0 Å². The molecule has 0 amide bonds. The smallest absolute Gasteiger partial charge is 0.354 e. The maximum absolute atomic E-state index is 10.7. The summed E-state index contributed by atoms with van der Waals surface area (Å²) in [6.07, 6.45) is 0. The summed E-state index contributed by atoms with van der Waals surface area (Å²) in [4.78, 5) is 10.7. The van der Waals surface area contributed by atoms with Crippen molar-refractivity contribution in [2.75, 3.05) is 13.7 Å². The van der Waals surface area contributed by atoms with Crippen LogP contribution >= 0.6 is 0 Å². The van der Waals surface area contributed by atoms with E-state index in [-0.39, 0.29) is 5.97 Å². The van der Waals surface area contributed by atoms with Crippen LogP contribution in [0.25, 0.3) is 0 Å². The van der Waals surface area contributed by atoms with Gasteiger partial charge in [0.15, 0.2) is 0 Å². The van der Waals surface area contributed by atoms with Gasteiger partial charge in [-0.1, -0.05) is 0 Å². The number of hydrogen-bond donors (Lipinski definition) is 1. The summed E-state index contributed by atoms with van der Waals surface area (Å²) in [6.45, 7) is 3.73. The molecule has 1 N–H and O–H groups in total. The fourth-order valence-corrected chi connectivity index (χ4v) is 0.449. The molecule has 0 aromatic heterocycles. The third-order valence-electron chi connectivity index (χ3n) is 0.850. The Morgan fingerprint density at radius 1 is 1.70 bits per heavy atom. The molecule has 0 saturated carbocycles. The van der Waals surface area contributed by atoms with Crippen molar-refractivity contribution in [3.8, 4) is 0 Å². The molecule has 0 aromatic rings. The van der Waals surface area contributed by atoms with Crippen molar-refractivity contribution in [3.05, 3.63) is 0 Å². The van der Waals surface area contributed by atoms with Gasteiger partial charge >= 0.3 is 5.97 Å². The van der Waals surface area contributed by atoms with E-state index in [1.54, 1.807) is 20.9 Å². The first-order valence-electron chi connectivity index (χ1n) is 3.10. The first-order valence-corrected chi connectivity index (χ1v) is 3.10. The van der Waals surface area contributed by atoms with Crippen molar-refractivity contribution in [2.24, 2.45) is 5.10 Å². The van der Waals surface area contributed by atoms with E-state index in [4.69, 9.17) is 0 Å². The minimum Gasteiger partial charge on any atom is -0.461 e.